The molecule has 7 rings (SSSR count). The van der Waals surface area contributed by atoms with E-state index in [1.165, 1.54) is 53.4 Å². The Bertz CT molecular complexity index is 3550. The van der Waals surface area contributed by atoms with E-state index < -0.39 is 181 Å². The van der Waals surface area contributed by atoms with Gasteiger partial charge in [0.1, 0.15) is 65.9 Å². The monoisotopic (exact) mass is 1440 g/mol. The molecule has 0 radical (unpaired) electrons. The number of alkyl halides is 3. The number of fused-ring (bicyclic) bond motifs is 1. The molecule has 0 spiro atoms. The Labute approximate surface area is 581 Å². The van der Waals surface area contributed by atoms with Crippen LogP contribution < -0.4 is 65.1 Å². The summed E-state index contributed by atoms with van der Waals surface area (Å²) in [6.45, 7) is 0.375. The lowest BCUT2D eigenvalue weighted by Crippen LogP contribution is -2.63. The number of hydrogen-bond donors (Lipinski definition) is 16. The molecule has 3 heterocycles. The van der Waals surface area contributed by atoms with Gasteiger partial charge in [-0.05, 0) is 118 Å². The van der Waals surface area contributed by atoms with E-state index in [9.17, 15) is 68.1 Å². The first kappa shape index (κ1) is 78.2. The third-order valence-corrected chi connectivity index (χ3v) is 20.0. The average molecular weight is 1440 g/mol. The molecule has 2 saturated heterocycles. The molecular weight excluding hydrogens is 1350 g/mol. The smallest absolute Gasteiger partial charge is 0.396 e. The topological polar surface area (TPSA) is 471 Å². The molecule has 1 saturated carbocycles. The zero-order chi connectivity index (χ0) is 72.7. The quantitative estimate of drug-likeness (QED) is 0.0404. The van der Waals surface area contributed by atoms with Gasteiger partial charge in [-0.15, -0.1) is 0 Å². The standard InChI is InChI=1S/C66H87F3N14O15S2/c67-66(68,69)65(25-26-65)55-64(98)79-47(32-38-16-20-41(85)21-17-38)59(93)76-44(11-5-6-27-70)57(91)73-29-7-1-2-13-52(86)75-48(33-39-34-74-43-10-4-3-9-42(39)43)61(95)77-45(22-23-54(88)89)58(92)80-49(56(72)90)35-99-100-36-50(62(96)82-55)81-60(94)46(31-37-14-18-40(84)19-15-37)78-63(97)51-12-8-30-83(51)53(87)24-28-71/h3-4,9-10,14-21,34,44-51,55,74,84-85H,1-2,5-8,11-13,22-33,35-36,70-71H2,(H2,72,90)(H,73,91)(H,75,86)(H,76,93)(H,77,95)(H,78,97)(H,79,98)(H,80,92)(H,81,94)(H,82,96)(H,88,89)/t44-,45-,46-,47-,48-,49-,50-,51-,55-/m0/s1. The molecule has 1 aromatic heterocycles. The fraction of sp³-hybridized carbons (Fsp3) is 0.515. The minimum atomic E-state index is -5.21. The molecule has 3 aromatic carbocycles. The van der Waals surface area contributed by atoms with Gasteiger partial charge in [0.05, 0.1) is 5.41 Å². The van der Waals surface area contributed by atoms with Crippen LogP contribution in [0.25, 0.3) is 10.9 Å². The van der Waals surface area contributed by atoms with Gasteiger partial charge in [0.25, 0.3) is 0 Å². The molecule has 19 N–H and O–H groups in total. The number of amides is 11. The Morgan fingerprint density at radius 3 is 1.94 bits per heavy atom. The largest absolute Gasteiger partial charge is 0.508 e. The van der Waals surface area contributed by atoms with Crippen LogP contribution in [0.1, 0.15) is 107 Å². The number of rotatable bonds is 21. The number of carboxylic acid groups (broad SMARTS) is 1. The maximum absolute atomic E-state index is 15.6. The van der Waals surface area contributed by atoms with Crippen LogP contribution in [0.5, 0.6) is 11.5 Å². The predicted octanol–water partition coefficient (Wildman–Crippen LogP) is 0.718. The number of halogens is 3. The number of carbonyl (C=O) groups is 12. The van der Waals surface area contributed by atoms with Crippen molar-refractivity contribution in [2.45, 2.75) is 170 Å². The molecule has 29 nitrogen and oxygen atoms in total. The van der Waals surface area contributed by atoms with Crippen molar-refractivity contribution in [1.29, 1.82) is 0 Å². The van der Waals surface area contributed by atoms with E-state index in [2.05, 4.69) is 52.8 Å². The van der Waals surface area contributed by atoms with E-state index in [1.54, 1.807) is 30.5 Å². The van der Waals surface area contributed by atoms with Crippen LogP contribution in [0, 0.1) is 5.41 Å². The maximum Gasteiger partial charge on any atom is 0.396 e. The molecule has 4 aromatic rings. The number of phenolic OH excluding ortho intramolecular Hbond substituents is 2. The van der Waals surface area contributed by atoms with Gasteiger partial charge in [0.15, 0.2) is 0 Å². The molecule has 9 atom stereocenters. The maximum atomic E-state index is 15.6. The van der Waals surface area contributed by atoms with E-state index in [-0.39, 0.29) is 88.2 Å². The number of para-hydroxylation sites is 1. The number of likely N-dealkylation sites (tertiary alicyclic amines) is 1. The lowest BCUT2D eigenvalue weighted by atomic mass is 9.93. The summed E-state index contributed by atoms with van der Waals surface area (Å²) in [5.41, 5.74) is 16.2. The molecule has 544 valence electrons. The third-order valence-electron chi connectivity index (χ3n) is 17.5. The summed E-state index contributed by atoms with van der Waals surface area (Å²) in [6.07, 6.45) is -5.17. The Morgan fingerprint density at radius 2 is 1.30 bits per heavy atom. The number of H-pyrrole nitrogens is 1. The lowest BCUT2D eigenvalue weighted by molar-refractivity contribution is -0.198. The molecule has 3 aliphatic rings. The summed E-state index contributed by atoms with van der Waals surface area (Å²) in [5, 5.41) is 53.5. The van der Waals surface area contributed by atoms with Gasteiger partial charge in [0.2, 0.25) is 65.0 Å². The first-order valence-corrected chi connectivity index (χ1v) is 35.5. The molecule has 3 fully saturated rings. The normalized spacial score (nSPS) is 23.2. The number of aliphatic carboxylic acids is 1. The number of nitrogens with zero attached hydrogens (tertiary/aromatic N) is 1. The van der Waals surface area contributed by atoms with Crippen molar-refractivity contribution in [3.63, 3.8) is 0 Å². The summed E-state index contributed by atoms with van der Waals surface area (Å²) in [7, 11) is 1.45. The van der Waals surface area contributed by atoms with Gasteiger partial charge in [-0.25, -0.2) is 0 Å². The van der Waals surface area contributed by atoms with Crippen molar-refractivity contribution in [2.75, 3.05) is 37.7 Å². The number of aromatic hydroxyl groups is 2. The highest BCUT2D eigenvalue weighted by atomic mass is 33.1. The molecule has 100 heavy (non-hydrogen) atoms. The highest BCUT2D eigenvalue weighted by Crippen LogP contribution is 2.60. The van der Waals surface area contributed by atoms with Crippen molar-refractivity contribution in [1.82, 2.24) is 57.7 Å². The van der Waals surface area contributed by atoms with Crippen LogP contribution in [-0.2, 0) is 76.8 Å². The highest BCUT2D eigenvalue weighted by molar-refractivity contribution is 8.76. The van der Waals surface area contributed by atoms with Crippen molar-refractivity contribution in [2.24, 2.45) is 22.6 Å². The van der Waals surface area contributed by atoms with E-state index in [4.69, 9.17) is 17.2 Å². The van der Waals surface area contributed by atoms with Crippen molar-refractivity contribution < 1.29 is 86.0 Å². The summed E-state index contributed by atoms with van der Waals surface area (Å²) < 4.78 is 46.8. The molecule has 0 bridgehead atoms. The van der Waals surface area contributed by atoms with Gasteiger partial charge >= 0.3 is 12.1 Å². The number of nitrogens with two attached hydrogens (primary N) is 3. The van der Waals surface area contributed by atoms with E-state index in [0.717, 1.165) is 10.8 Å². The van der Waals surface area contributed by atoms with Crippen LogP contribution in [0.4, 0.5) is 13.2 Å². The predicted molar refractivity (Wildman–Crippen MR) is 363 cm³/mol. The summed E-state index contributed by atoms with van der Waals surface area (Å²) in [5.74, 6) is -13.5. The number of benzene rings is 3. The first-order valence-electron chi connectivity index (χ1n) is 33.0. The number of carbonyl (C=O) groups excluding carboxylic acids is 11. The van der Waals surface area contributed by atoms with Crippen molar-refractivity contribution >= 4 is 103 Å². The highest BCUT2D eigenvalue weighted by Gasteiger charge is 2.69. The molecule has 0 unspecified atom stereocenters. The zero-order valence-electron chi connectivity index (χ0n) is 54.8. The third kappa shape index (κ3) is 22.7. The Kier molecular flexibility index (Phi) is 29.2. The number of primary amides is 1. The fourth-order valence-electron chi connectivity index (χ4n) is 11.8. The summed E-state index contributed by atoms with van der Waals surface area (Å²) >= 11 is 0. The molecule has 2 aliphatic heterocycles. The van der Waals surface area contributed by atoms with Crippen LogP contribution in [0.2, 0.25) is 0 Å². The van der Waals surface area contributed by atoms with Crippen LogP contribution in [-0.4, -0.2) is 194 Å². The van der Waals surface area contributed by atoms with Crippen molar-refractivity contribution in [3.8, 4) is 11.5 Å². The average Bonchev–Trinajstić information content (AvgIpc) is 1.57. The van der Waals surface area contributed by atoms with E-state index in [1.807, 2.05) is 0 Å². The fourth-order valence-corrected chi connectivity index (χ4v) is 14.1. The van der Waals surface area contributed by atoms with Crippen LogP contribution >= 0.6 is 21.6 Å². The zero-order valence-corrected chi connectivity index (χ0v) is 56.5. The van der Waals surface area contributed by atoms with Gasteiger partial charge < -0.3 is 90.3 Å². The number of aromatic nitrogens is 1. The SMILES string of the molecule is NCCCC[C@@H]1NC(=O)[C@H](Cc2ccc(O)cc2)NC(=O)[C@@H](C2(C(F)(F)F)CC2)NC(=O)[C@@H](NC(=O)[C@H](Cc2ccc(O)cc2)NC(=O)[C@@H]2CCCN2C(=O)CCN)CSSC[C@@H](C(N)=O)NC(=O)[C@H](CCC(=O)O)NC(=O)[C@H](Cc2c[nH]c3ccccc23)NC(=O)CCCCCNC1=O. The summed E-state index contributed by atoms with van der Waals surface area (Å²) in [6, 6.07) is 2.87. The number of aromatic amines is 1. The van der Waals surface area contributed by atoms with Gasteiger partial charge in [0, 0.05) is 86.8 Å². The number of carboxylic acids is 1. The molecule has 1 aliphatic carbocycles. The van der Waals surface area contributed by atoms with Crippen molar-refractivity contribution in [3.05, 3.63) is 95.7 Å². The Hall–Kier alpha value is -9.15. The van der Waals surface area contributed by atoms with E-state index in [0.29, 0.717) is 64.9 Å². The second-order valence-corrected chi connectivity index (χ2v) is 27.5. The number of nitrogens with one attached hydrogen (secondary N) is 10. The second-order valence-electron chi connectivity index (χ2n) is 25.0. The Balaban J connectivity index is 1.26. The lowest BCUT2D eigenvalue weighted by Gasteiger charge is -2.32. The summed E-state index contributed by atoms with van der Waals surface area (Å²) in [4.78, 5) is 173. The molecule has 34 heteroatoms. The van der Waals surface area contributed by atoms with Crippen LogP contribution in [0.15, 0.2) is 79.0 Å². The number of phenols is 2. The van der Waals surface area contributed by atoms with E-state index >= 15 is 18.0 Å². The van der Waals surface area contributed by atoms with Gasteiger partial charge in [-0.1, -0.05) is 70.5 Å². The number of unbranched alkanes of at least 4 members (excludes halogenated alkanes) is 1. The number of hydrogen-bond acceptors (Lipinski definition) is 18. The van der Waals surface area contributed by atoms with Crippen LogP contribution in [0.3, 0.4) is 0 Å². The first-order chi connectivity index (χ1) is 47.7. The second kappa shape index (κ2) is 37.3. The molecular formula is C66H87F3N14O15S2. The Morgan fingerprint density at radius 1 is 0.670 bits per heavy atom. The molecule has 11 amide bonds. The minimum absolute atomic E-state index is 0.00250. The minimum Gasteiger partial charge on any atom is -0.508 e. The van der Waals surface area contributed by atoms with Gasteiger partial charge in [-0.2, -0.15) is 13.2 Å². The van der Waals surface area contributed by atoms with Gasteiger partial charge in [-0.3, -0.25) is 57.5 Å².